The van der Waals surface area contributed by atoms with E-state index >= 15 is 0 Å². The van der Waals surface area contributed by atoms with E-state index in [1.165, 1.54) is 17.7 Å². The Morgan fingerprint density at radius 2 is 1.84 bits per heavy atom. The topological polar surface area (TPSA) is 27.7 Å². The van der Waals surface area contributed by atoms with Crippen molar-refractivity contribution in [1.82, 2.24) is 8.61 Å². The molecule has 0 aromatic heterocycles. The van der Waals surface area contributed by atoms with Crippen molar-refractivity contribution in [2.24, 2.45) is 0 Å². The van der Waals surface area contributed by atoms with Crippen molar-refractivity contribution in [1.29, 1.82) is 0 Å². The van der Waals surface area contributed by atoms with Gasteiger partial charge in [0, 0.05) is 24.3 Å². The van der Waals surface area contributed by atoms with Crippen molar-refractivity contribution in [3.63, 3.8) is 0 Å². The van der Waals surface area contributed by atoms with Gasteiger partial charge in [-0.25, -0.2) is 4.39 Å². The van der Waals surface area contributed by atoms with Crippen LogP contribution in [0.5, 0.6) is 5.75 Å². The van der Waals surface area contributed by atoms with E-state index in [1.54, 1.807) is 43.1 Å². The fourth-order valence-corrected chi connectivity index (χ4v) is 3.82. The van der Waals surface area contributed by atoms with Gasteiger partial charge in [-0.15, -0.1) is 0 Å². The van der Waals surface area contributed by atoms with Gasteiger partial charge in [-0.05, 0) is 79.3 Å². The number of ether oxygens (including phenoxy) is 1. The molecule has 1 N–H and O–H groups in total. The van der Waals surface area contributed by atoms with Crippen LogP contribution < -0.4 is 10.1 Å². The van der Waals surface area contributed by atoms with E-state index in [4.69, 9.17) is 16.3 Å². The summed E-state index contributed by atoms with van der Waals surface area (Å²) in [6, 6.07) is 12.3. The van der Waals surface area contributed by atoms with Gasteiger partial charge < -0.3 is 17.0 Å². The number of nitrogens with one attached hydrogen (secondary N) is 1. The van der Waals surface area contributed by atoms with Crippen molar-refractivity contribution in [3.05, 3.63) is 71.9 Å². The number of rotatable bonds is 10. The fraction of sp³-hybridized carbons (Fsp3) is 0.348. The Balaban J connectivity index is 0.000000690. The van der Waals surface area contributed by atoms with E-state index in [-0.39, 0.29) is 31.5 Å². The number of halogens is 2. The second-order valence-corrected chi connectivity index (χ2v) is 8.37. The molecule has 0 aliphatic carbocycles. The van der Waals surface area contributed by atoms with Crippen molar-refractivity contribution in [2.45, 2.75) is 19.6 Å². The van der Waals surface area contributed by atoms with Crippen LogP contribution in [0.25, 0.3) is 6.08 Å². The number of benzene rings is 2. The predicted octanol–water partition coefficient (Wildman–Crippen LogP) is 6.61. The minimum absolute atomic E-state index is 0. The molecule has 4 nitrogen and oxygen atoms in total. The van der Waals surface area contributed by atoms with Gasteiger partial charge in [-0.1, -0.05) is 48.5 Å². The van der Waals surface area contributed by atoms with Crippen LogP contribution in [-0.2, 0) is 26.0 Å². The first-order chi connectivity index (χ1) is 14.9. The normalized spacial score (nSPS) is 11.7. The molecule has 1 unspecified atom stereocenters. The largest absolute Gasteiger partial charge is 1.00 e. The van der Waals surface area contributed by atoms with Crippen LogP contribution in [0.4, 0.5) is 10.1 Å². The van der Waals surface area contributed by atoms with Crippen molar-refractivity contribution >= 4 is 47.3 Å². The summed E-state index contributed by atoms with van der Waals surface area (Å²) in [6.07, 6.45) is 6.07. The summed E-state index contributed by atoms with van der Waals surface area (Å²) < 4.78 is 22.7. The molecule has 1 radical (unpaired) electrons. The maximum absolute atomic E-state index is 13.2. The van der Waals surface area contributed by atoms with Gasteiger partial charge in [0.2, 0.25) is 0 Å². The molecule has 0 fully saturated rings. The molecule has 0 aliphatic heterocycles. The number of hydrogen-bond acceptors (Lipinski definition) is 6. The number of hydrogen-bond donors (Lipinski definition) is 1. The summed E-state index contributed by atoms with van der Waals surface area (Å²) in [6.45, 7) is 7.82. The zero-order valence-electron chi connectivity index (χ0n) is 19.1. The quantitative estimate of drug-likeness (QED) is 0.146. The average molecular weight is 586 g/mol. The second-order valence-electron chi connectivity index (χ2n) is 6.34. The summed E-state index contributed by atoms with van der Waals surface area (Å²) in [5, 5.41) is 3.28. The molecule has 2 aromatic rings. The minimum atomic E-state index is -0.275. The van der Waals surface area contributed by atoms with Crippen LogP contribution in [0, 0.1) is 12.7 Å². The molecule has 179 valence electrons. The van der Waals surface area contributed by atoms with Crippen molar-refractivity contribution < 1.29 is 28.6 Å². The van der Waals surface area contributed by atoms with Gasteiger partial charge in [0.25, 0.3) is 0 Å². The monoisotopic (exact) mass is 586 g/mol. The Labute approximate surface area is 219 Å². The zero-order valence-corrected chi connectivity index (χ0v) is 23.3. The maximum atomic E-state index is 13.2. The summed E-state index contributed by atoms with van der Waals surface area (Å²) in [5.74, 6) is 0.533. The summed E-state index contributed by atoms with van der Waals surface area (Å²) in [4.78, 5) is 0. The Bertz CT molecular complexity index is 795. The molecule has 1 atom stereocenters. The zero-order chi connectivity index (χ0) is 23.2. The van der Waals surface area contributed by atoms with Crippen molar-refractivity contribution in [2.75, 3.05) is 38.5 Å². The standard InChI is InChI=1S/C16H15ClFNO.C7H17N2S2.Ru/c1-20-16-6-4-15(5-7-16)19-11-13-2-3-14(18)10-12(13)8-9-17;1-6-9(11-5)7(2)8(3)10-4;/h2-10,19H,11H2,1H3;7H,2,6H2,1,3-5H3;/q;-1;+1/b9-8-;;. The molecular weight excluding hydrogens is 554 g/mol. The Morgan fingerprint density at radius 3 is 2.34 bits per heavy atom. The smallest absolute Gasteiger partial charge is 0.497 e. The Hall–Kier alpha value is -0.757. The Morgan fingerprint density at radius 1 is 1.19 bits per heavy atom. The van der Waals surface area contributed by atoms with Gasteiger partial charge in [0.05, 0.1) is 7.11 Å². The van der Waals surface area contributed by atoms with Crippen LogP contribution in [-0.4, -0.2) is 48.0 Å². The SMILES string of the molecule is COc1ccc(NCc2ccc(F)cc2/C=C\Cl)cc1.[CH2-]C(N(C)SC)N(CC)SC.[Ru+]. The van der Waals surface area contributed by atoms with Crippen LogP contribution in [0.3, 0.4) is 0 Å². The molecule has 0 spiro atoms. The Kier molecular flexibility index (Phi) is 17.3. The third kappa shape index (κ3) is 10.9. The average Bonchev–Trinajstić information content (AvgIpc) is 2.79. The molecule has 2 aromatic carbocycles. The van der Waals surface area contributed by atoms with Gasteiger partial charge in [0.15, 0.2) is 0 Å². The summed E-state index contributed by atoms with van der Waals surface area (Å²) in [7, 11) is 3.69. The van der Waals surface area contributed by atoms with E-state index in [9.17, 15) is 4.39 Å². The number of anilines is 1. The molecule has 0 saturated carbocycles. The van der Waals surface area contributed by atoms with E-state index in [0.717, 1.165) is 29.1 Å². The second kappa shape index (κ2) is 17.7. The van der Waals surface area contributed by atoms with Crippen molar-refractivity contribution in [3.8, 4) is 5.75 Å². The van der Waals surface area contributed by atoms with Gasteiger partial charge in [0.1, 0.15) is 11.6 Å². The first kappa shape index (κ1) is 31.2. The first-order valence-electron chi connectivity index (χ1n) is 9.73. The predicted molar refractivity (Wildman–Crippen MR) is 138 cm³/mol. The van der Waals surface area contributed by atoms with Gasteiger partial charge in [-0.3, -0.25) is 8.61 Å². The molecule has 0 aliphatic rings. The van der Waals surface area contributed by atoms with E-state index in [1.807, 2.05) is 24.3 Å². The molecule has 32 heavy (non-hydrogen) atoms. The van der Waals surface area contributed by atoms with Crippen LogP contribution in [0.15, 0.2) is 48.0 Å². The molecule has 2 rings (SSSR count). The summed E-state index contributed by atoms with van der Waals surface area (Å²) >= 11 is 9.02. The van der Waals surface area contributed by atoms with Crippen LogP contribution in [0.1, 0.15) is 18.1 Å². The molecule has 9 heteroatoms. The molecule has 0 amide bonds. The van der Waals surface area contributed by atoms with Gasteiger partial charge >= 0.3 is 19.5 Å². The van der Waals surface area contributed by atoms with Crippen LogP contribution >= 0.6 is 35.5 Å². The van der Waals surface area contributed by atoms with E-state index < -0.39 is 0 Å². The molecule has 0 bridgehead atoms. The minimum Gasteiger partial charge on any atom is -0.497 e. The first-order valence-corrected chi connectivity index (χ1v) is 12.5. The number of nitrogens with zero attached hydrogens (tertiary/aromatic N) is 2. The molecule has 0 heterocycles. The molecular formula is C23H32ClFN3ORuS2. The maximum Gasteiger partial charge on any atom is 1.00 e. The van der Waals surface area contributed by atoms with E-state index in [0.29, 0.717) is 6.54 Å². The van der Waals surface area contributed by atoms with Gasteiger partial charge in [-0.2, -0.15) is 0 Å². The summed E-state index contributed by atoms with van der Waals surface area (Å²) in [5.41, 5.74) is 4.09. The molecule has 0 saturated heterocycles. The fourth-order valence-electron chi connectivity index (χ4n) is 2.62. The number of methoxy groups -OCH3 is 1. The third-order valence-electron chi connectivity index (χ3n) is 4.51. The van der Waals surface area contributed by atoms with E-state index in [2.05, 4.69) is 47.3 Å². The third-order valence-corrected chi connectivity index (χ3v) is 6.43. The van der Waals surface area contributed by atoms with Crippen LogP contribution in [0.2, 0.25) is 0 Å².